The topological polar surface area (TPSA) is 60.2 Å². The van der Waals surface area contributed by atoms with Crippen LogP contribution in [0.25, 0.3) is 0 Å². The molecule has 1 atom stereocenters. The Morgan fingerprint density at radius 1 is 1.32 bits per heavy atom. The van der Waals surface area contributed by atoms with E-state index in [0.29, 0.717) is 37.2 Å². The first-order chi connectivity index (χ1) is 10.6. The molecule has 0 saturated carbocycles. The van der Waals surface area contributed by atoms with Crippen molar-refractivity contribution in [1.82, 2.24) is 15.5 Å². The summed E-state index contributed by atoms with van der Waals surface area (Å²) in [4.78, 5) is 4.34. The Bertz CT molecular complexity index is 586. The molecule has 0 fully saturated rings. The van der Waals surface area contributed by atoms with Gasteiger partial charge in [-0.3, -0.25) is 0 Å². The van der Waals surface area contributed by atoms with Crippen molar-refractivity contribution in [2.45, 2.75) is 32.9 Å². The predicted molar refractivity (Wildman–Crippen MR) is 85.7 cm³/mol. The second-order valence-corrected chi connectivity index (χ2v) is 5.88. The molecule has 0 amide bonds. The molecule has 0 aliphatic heterocycles. The molecule has 1 aromatic carbocycles. The molecule has 2 rings (SSSR count). The van der Waals surface area contributed by atoms with E-state index in [1.54, 1.807) is 7.11 Å². The number of rotatable bonds is 8. The molecule has 0 spiro atoms. The van der Waals surface area contributed by atoms with Gasteiger partial charge in [0.15, 0.2) is 5.82 Å². The van der Waals surface area contributed by atoms with Crippen LogP contribution in [-0.2, 0) is 17.7 Å². The van der Waals surface area contributed by atoms with Crippen molar-refractivity contribution >= 4 is 11.6 Å². The zero-order valence-electron chi connectivity index (χ0n) is 13.2. The van der Waals surface area contributed by atoms with Gasteiger partial charge in [-0.2, -0.15) is 4.98 Å². The van der Waals surface area contributed by atoms with Crippen LogP contribution in [0.5, 0.6) is 0 Å². The first-order valence-electron chi connectivity index (χ1n) is 7.40. The highest BCUT2D eigenvalue weighted by atomic mass is 35.5. The lowest BCUT2D eigenvalue weighted by molar-refractivity contribution is 0.192. The summed E-state index contributed by atoms with van der Waals surface area (Å²) in [6.07, 6.45) is 0.627. The molecule has 5 nitrogen and oxygen atoms in total. The fourth-order valence-corrected chi connectivity index (χ4v) is 2.54. The Morgan fingerprint density at radius 2 is 2.09 bits per heavy atom. The van der Waals surface area contributed by atoms with Gasteiger partial charge < -0.3 is 14.6 Å². The van der Waals surface area contributed by atoms with E-state index in [-0.39, 0.29) is 6.04 Å². The molecule has 1 unspecified atom stereocenters. The van der Waals surface area contributed by atoms with Gasteiger partial charge in [-0.15, -0.1) is 0 Å². The van der Waals surface area contributed by atoms with Crippen LogP contribution in [0.4, 0.5) is 0 Å². The lowest BCUT2D eigenvalue weighted by Gasteiger charge is -2.23. The van der Waals surface area contributed by atoms with Gasteiger partial charge in [-0.05, 0) is 17.5 Å². The van der Waals surface area contributed by atoms with Gasteiger partial charge in [0.25, 0.3) is 0 Å². The molecule has 2 aromatic rings. The number of halogens is 1. The van der Waals surface area contributed by atoms with E-state index in [4.69, 9.17) is 20.9 Å². The van der Waals surface area contributed by atoms with E-state index in [0.717, 1.165) is 10.6 Å². The standard InChI is InChI=1S/C16H22ClN3O2/c1-11(2)16(12-6-4-5-7-13(12)17)18-10-14-19-15(22-20-14)8-9-21-3/h4-7,11,16,18H,8-10H2,1-3H3. The minimum Gasteiger partial charge on any atom is -0.384 e. The smallest absolute Gasteiger partial charge is 0.229 e. The average molecular weight is 324 g/mol. The summed E-state index contributed by atoms with van der Waals surface area (Å²) >= 11 is 6.30. The summed E-state index contributed by atoms with van der Waals surface area (Å²) in [5.41, 5.74) is 1.09. The molecule has 1 heterocycles. The number of hydrogen-bond donors (Lipinski definition) is 1. The van der Waals surface area contributed by atoms with E-state index < -0.39 is 0 Å². The molecule has 120 valence electrons. The van der Waals surface area contributed by atoms with E-state index in [2.05, 4.69) is 29.3 Å². The summed E-state index contributed by atoms with van der Waals surface area (Å²) in [6.45, 7) is 5.41. The summed E-state index contributed by atoms with van der Waals surface area (Å²) in [6, 6.07) is 8.01. The number of methoxy groups -OCH3 is 1. The van der Waals surface area contributed by atoms with Crippen molar-refractivity contribution in [3.05, 3.63) is 46.6 Å². The third kappa shape index (κ3) is 4.53. The van der Waals surface area contributed by atoms with Crippen LogP contribution < -0.4 is 5.32 Å². The van der Waals surface area contributed by atoms with Crippen LogP contribution in [0.15, 0.2) is 28.8 Å². The molecule has 6 heteroatoms. The van der Waals surface area contributed by atoms with Gasteiger partial charge in [-0.25, -0.2) is 0 Å². The molecule has 0 radical (unpaired) electrons. The molecule has 22 heavy (non-hydrogen) atoms. The van der Waals surface area contributed by atoms with Crippen LogP contribution in [0.1, 0.15) is 37.2 Å². The van der Waals surface area contributed by atoms with E-state index in [9.17, 15) is 0 Å². The van der Waals surface area contributed by atoms with Crippen LogP contribution in [0, 0.1) is 5.92 Å². The fraction of sp³-hybridized carbons (Fsp3) is 0.500. The van der Waals surface area contributed by atoms with Gasteiger partial charge in [-0.1, -0.05) is 48.8 Å². The molecule has 0 aliphatic carbocycles. The van der Waals surface area contributed by atoms with E-state index >= 15 is 0 Å². The predicted octanol–water partition coefficient (Wildman–Crippen LogP) is 3.40. The highest BCUT2D eigenvalue weighted by Gasteiger charge is 2.18. The minimum absolute atomic E-state index is 0.134. The summed E-state index contributed by atoms with van der Waals surface area (Å²) < 4.78 is 10.2. The summed E-state index contributed by atoms with van der Waals surface area (Å²) in [5.74, 6) is 1.63. The van der Waals surface area contributed by atoms with Crippen molar-refractivity contribution in [3.8, 4) is 0 Å². The van der Waals surface area contributed by atoms with Gasteiger partial charge in [0.2, 0.25) is 5.89 Å². The maximum atomic E-state index is 6.30. The van der Waals surface area contributed by atoms with Crippen molar-refractivity contribution in [3.63, 3.8) is 0 Å². The van der Waals surface area contributed by atoms with Gasteiger partial charge in [0, 0.05) is 18.2 Å². The largest absolute Gasteiger partial charge is 0.384 e. The second kappa shape index (κ2) is 8.27. The van der Waals surface area contributed by atoms with Crippen LogP contribution in [-0.4, -0.2) is 23.9 Å². The van der Waals surface area contributed by atoms with E-state index in [1.165, 1.54) is 0 Å². The number of nitrogens with one attached hydrogen (secondary N) is 1. The molecule has 1 aromatic heterocycles. The number of nitrogens with zero attached hydrogens (tertiary/aromatic N) is 2. The maximum Gasteiger partial charge on any atom is 0.229 e. The van der Waals surface area contributed by atoms with Crippen molar-refractivity contribution in [2.24, 2.45) is 5.92 Å². The Hall–Kier alpha value is -1.43. The van der Waals surface area contributed by atoms with Gasteiger partial charge in [0.05, 0.1) is 19.6 Å². The Labute approximate surface area is 136 Å². The Balaban J connectivity index is 2.00. The SMILES string of the molecule is COCCc1nc(CNC(c2ccccc2Cl)C(C)C)no1. The highest BCUT2D eigenvalue weighted by molar-refractivity contribution is 6.31. The monoisotopic (exact) mass is 323 g/mol. The number of ether oxygens (including phenoxy) is 1. The molecule has 0 aliphatic rings. The van der Waals surface area contributed by atoms with Crippen molar-refractivity contribution in [1.29, 1.82) is 0 Å². The summed E-state index contributed by atoms with van der Waals surface area (Å²) in [7, 11) is 1.65. The van der Waals surface area contributed by atoms with Crippen molar-refractivity contribution in [2.75, 3.05) is 13.7 Å². The maximum absolute atomic E-state index is 6.30. The van der Waals surface area contributed by atoms with Crippen LogP contribution in [0.3, 0.4) is 0 Å². The number of benzene rings is 1. The summed E-state index contributed by atoms with van der Waals surface area (Å²) in [5, 5.41) is 8.21. The zero-order chi connectivity index (χ0) is 15.9. The highest BCUT2D eigenvalue weighted by Crippen LogP contribution is 2.28. The average Bonchev–Trinajstić information content (AvgIpc) is 2.94. The fourth-order valence-electron chi connectivity index (χ4n) is 2.29. The second-order valence-electron chi connectivity index (χ2n) is 5.47. The molecule has 1 N–H and O–H groups in total. The normalized spacial score (nSPS) is 12.8. The zero-order valence-corrected chi connectivity index (χ0v) is 13.9. The first-order valence-corrected chi connectivity index (χ1v) is 7.77. The van der Waals surface area contributed by atoms with Gasteiger partial charge in [0.1, 0.15) is 0 Å². The minimum atomic E-state index is 0.134. The molecule has 0 saturated heterocycles. The van der Waals surface area contributed by atoms with Crippen molar-refractivity contribution < 1.29 is 9.26 Å². The lowest BCUT2D eigenvalue weighted by atomic mass is 9.96. The third-order valence-electron chi connectivity index (χ3n) is 3.42. The van der Waals surface area contributed by atoms with Crippen LogP contribution >= 0.6 is 11.6 Å². The third-order valence-corrected chi connectivity index (χ3v) is 3.76. The lowest BCUT2D eigenvalue weighted by Crippen LogP contribution is -2.26. The molecular formula is C16H22ClN3O2. The quantitative estimate of drug-likeness (QED) is 0.806. The molecular weight excluding hydrogens is 302 g/mol. The van der Waals surface area contributed by atoms with Gasteiger partial charge >= 0.3 is 0 Å². The van der Waals surface area contributed by atoms with Crippen LogP contribution in [0.2, 0.25) is 5.02 Å². The molecule has 0 bridgehead atoms. The Kier molecular flexibility index (Phi) is 6.36. The number of hydrogen-bond acceptors (Lipinski definition) is 5. The number of aromatic nitrogens is 2. The Morgan fingerprint density at radius 3 is 2.77 bits per heavy atom. The van der Waals surface area contributed by atoms with E-state index in [1.807, 2.05) is 24.3 Å². The first kappa shape index (κ1) is 16.9.